The van der Waals surface area contributed by atoms with E-state index in [9.17, 15) is 13.2 Å². The molecule has 1 aliphatic rings. The molecule has 6 nitrogen and oxygen atoms in total. The minimum atomic E-state index is -3.52. The van der Waals surface area contributed by atoms with Gasteiger partial charge in [-0.15, -0.1) is 0 Å². The highest BCUT2D eigenvalue weighted by Gasteiger charge is 2.16. The number of sulfonamides is 1. The van der Waals surface area contributed by atoms with Crippen molar-refractivity contribution in [2.24, 2.45) is 0 Å². The van der Waals surface area contributed by atoms with Gasteiger partial charge in [0.05, 0.1) is 4.90 Å². The van der Waals surface area contributed by atoms with Crippen molar-refractivity contribution >= 4 is 33.4 Å². The fourth-order valence-electron chi connectivity index (χ4n) is 3.03. The Morgan fingerprint density at radius 3 is 2.43 bits per heavy atom. The smallest absolute Gasteiger partial charge is 0.255 e. The summed E-state index contributed by atoms with van der Waals surface area (Å²) in [7, 11) is -3.52. The first-order valence-corrected chi connectivity index (χ1v) is 11.9. The molecule has 0 aromatic heterocycles. The van der Waals surface area contributed by atoms with Crippen LogP contribution in [0.25, 0.3) is 0 Å². The highest BCUT2D eigenvalue weighted by molar-refractivity contribution is 7.99. The number of thioether (sulfide) groups is 1. The van der Waals surface area contributed by atoms with Crippen molar-refractivity contribution in [3.05, 3.63) is 59.7 Å². The van der Waals surface area contributed by atoms with Crippen LogP contribution in [0.3, 0.4) is 0 Å². The molecule has 0 unspecified atom stereocenters. The zero-order valence-corrected chi connectivity index (χ0v) is 17.5. The van der Waals surface area contributed by atoms with Crippen molar-refractivity contribution in [1.29, 1.82) is 0 Å². The molecule has 0 atom stereocenters. The van der Waals surface area contributed by atoms with E-state index in [0.717, 1.165) is 42.4 Å². The molecule has 3 rings (SSSR count). The van der Waals surface area contributed by atoms with Crippen molar-refractivity contribution < 1.29 is 13.2 Å². The molecule has 2 aromatic carbocycles. The third kappa shape index (κ3) is 5.35. The second-order valence-electron chi connectivity index (χ2n) is 6.53. The summed E-state index contributed by atoms with van der Waals surface area (Å²) in [6.45, 7) is 4.94. The maximum atomic E-state index is 12.7. The maximum Gasteiger partial charge on any atom is 0.255 e. The number of para-hydroxylation sites is 1. The third-order valence-electron chi connectivity index (χ3n) is 4.52. The van der Waals surface area contributed by atoms with Gasteiger partial charge in [0, 0.05) is 48.9 Å². The first-order chi connectivity index (χ1) is 13.5. The van der Waals surface area contributed by atoms with E-state index >= 15 is 0 Å². The van der Waals surface area contributed by atoms with Gasteiger partial charge in [-0.05, 0) is 35.9 Å². The molecule has 1 fully saturated rings. The lowest BCUT2D eigenvalue weighted by molar-refractivity contribution is 0.102. The molecule has 0 aliphatic carbocycles. The van der Waals surface area contributed by atoms with Crippen LogP contribution in [0.5, 0.6) is 0 Å². The molecule has 8 heteroatoms. The quantitative estimate of drug-likeness (QED) is 0.722. The average molecular weight is 420 g/mol. The first-order valence-electron chi connectivity index (χ1n) is 9.28. The van der Waals surface area contributed by atoms with Crippen molar-refractivity contribution in [2.45, 2.75) is 18.4 Å². The molecule has 1 aliphatic heterocycles. The summed E-state index contributed by atoms with van der Waals surface area (Å²) in [4.78, 5) is 15.2. The van der Waals surface area contributed by atoms with E-state index in [4.69, 9.17) is 0 Å². The number of benzene rings is 2. The summed E-state index contributed by atoms with van der Waals surface area (Å²) >= 11 is 1.97. The fraction of sp³-hybridized carbons (Fsp3) is 0.350. The molecule has 150 valence electrons. The zero-order chi connectivity index (χ0) is 20.0. The van der Waals surface area contributed by atoms with E-state index in [0.29, 0.717) is 12.1 Å². The van der Waals surface area contributed by atoms with Crippen molar-refractivity contribution in [1.82, 2.24) is 9.62 Å². The van der Waals surface area contributed by atoms with Crippen molar-refractivity contribution in [3.8, 4) is 0 Å². The molecule has 28 heavy (non-hydrogen) atoms. The van der Waals surface area contributed by atoms with Gasteiger partial charge in [-0.25, -0.2) is 13.1 Å². The summed E-state index contributed by atoms with van der Waals surface area (Å²) in [6, 6.07) is 13.8. The van der Waals surface area contributed by atoms with Crippen LogP contribution in [0.4, 0.5) is 5.69 Å². The summed E-state index contributed by atoms with van der Waals surface area (Å²) in [5, 5.41) is 2.96. The van der Waals surface area contributed by atoms with E-state index in [1.54, 1.807) is 6.92 Å². The SMILES string of the molecule is CCNS(=O)(=O)c1ccc(C(=O)Nc2ccccc2CN2CCSCC2)cc1. The Bertz CT molecular complexity index is 909. The highest BCUT2D eigenvalue weighted by Crippen LogP contribution is 2.21. The van der Waals surface area contributed by atoms with Crippen LogP contribution in [0.2, 0.25) is 0 Å². The predicted octanol–water partition coefficient (Wildman–Crippen LogP) is 2.79. The second-order valence-corrected chi connectivity index (χ2v) is 9.52. The number of anilines is 1. The largest absolute Gasteiger partial charge is 0.322 e. The molecule has 2 aromatic rings. The fourth-order valence-corrected chi connectivity index (χ4v) is 5.05. The van der Waals surface area contributed by atoms with Gasteiger partial charge < -0.3 is 5.32 Å². The van der Waals surface area contributed by atoms with Gasteiger partial charge >= 0.3 is 0 Å². The molecule has 1 amide bonds. The summed E-state index contributed by atoms with van der Waals surface area (Å²) in [5.74, 6) is 2.02. The molecule has 2 N–H and O–H groups in total. The van der Waals surface area contributed by atoms with Gasteiger partial charge in [-0.3, -0.25) is 9.69 Å². The summed E-state index contributed by atoms with van der Waals surface area (Å²) in [6.07, 6.45) is 0. The third-order valence-corrected chi connectivity index (χ3v) is 7.03. The lowest BCUT2D eigenvalue weighted by atomic mass is 10.1. The Kier molecular flexibility index (Phi) is 7.12. The van der Waals surface area contributed by atoms with E-state index < -0.39 is 10.0 Å². The first kappa shape index (κ1) is 20.9. The van der Waals surface area contributed by atoms with Gasteiger partial charge in [-0.2, -0.15) is 11.8 Å². The lowest BCUT2D eigenvalue weighted by Crippen LogP contribution is -2.32. The Morgan fingerprint density at radius 2 is 1.75 bits per heavy atom. The van der Waals surface area contributed by atoms with Crippen LogP contribution in [0.15, 0.2) is 53.4 Å². The average Bonchev–Trinajstić information content (AvgIpc) is 2.70. The Hall–Kier alpha value is -1.87. The zero-order valence-electron chi connectivity index (χ0n) is 15.8. The summed E-state index contributed by atoms with van der Waals surface area (Å²) < 4.78 is 26.5. The second kappa shape index (κ2) is 9.56. The van der Waals surface area contributed by atoms with Gasteiger partial charge in [0.2, 0.25) is 10.0 Å². The summed E-state index contributed by atoms with van der Waals surface area (Å²) in [5.41, 5.74) is 2.28. The number of nitrogens with one attached hydrogen (secondary N) is 2. The number of amides is 1. The molecule has 1 heterocycles. The van der Waals surface area contributed by atoms with E-state index in [-0.39, 0.29) is 10.8 Å². The predicted molar refractivity (Wildman–Crippen MR) is 114 cm³/mol. The van der Waals surface area contributed by atoms with Crippen LogP contribution in [0.1, 0.15) is 22.8 Å². The van der Waals surface area contributed by atoms with Crippen molar-refractivity contribution in [2.75, 3.05) is 36.5 Å². The van der Waals surface area contributed by atoms with Gasteiger partial charge in [0.15, 0.2) is 0 Å². The number of carbonyl (C=O) groups excluding carboxylic acids is 1. The van der Waals surface area contributed by atoms with Crippen LogP contribution >= 0.6 is 11.8 Å². The van der Waals surface area contributed by atoms with Crippen molar-refractivity contribution in [3.63, 3.8) is 0 Å². The van der Waals surface area contributed by atoms with E-state index in [2.05, 4.69) is 14.9 Å². The Labute approximate surface area is 170 Å². The van der Waals surface area contributed by atoms with E-state index in [1.807, 2.05) is 36.0 Å². The van der Waals surface area contributed by atoms with E-state index in [1.165, 1.54) is 24.3 Å². The molecule has 0 spiro atoms. The van der Waals surface area contributed by atoms with Crippen LogP contribution in [0, 0.1) is 0 Å². The van der Waals surface area contributed by atoms with Gasteiger partial charge in [0.1, 0.15) is 0 Å². The Balaban J connectivity index is 1.71. The molecular formula is C20H25N3O3S2. The number of hydrogen-bond donors (Lipinski definition) is 2. The molecule has 0 radical (unpaired) electrons. The number of rotatable bonds is 7. The number of hydrogen-bond acceptors (Lipinski definition) is 5. The van der Waals surface area contributed by atoms with Crippen LogP contribution < -0.4 is 10.0 Å². The standard InChI is InChI=1S/C20H25N3O3S2/c1-2-21-28(25,26)18-9-7-16(8-10-18)20(24)22-19-6-4-3-5-17(19)15-23-11-13-27-14-12-23/h3-10,21H,2,11-15H2,1H3,(H,22,24). The molecule has 0 bridgehead atoms. The minimum absolute atomic E-state index is 0.147. The maximum absolute atomic E-state index is 12.7. The molecule has 0 saturated carbocycles. The van der Waals surface area contributed by atoms with Crippen LogP contribution in [-0.4, -0.2) is 50.4 Å². The van der Waals surface area contributed by atoms with Gasteiger partial charge in [0.25, 0.3) is 5.91 Å². The number of carbonyl (C=O) groups is 1. The van der Waals surface area contributed by atoms with Crippen LogP contribution in [-0.2, 0) is 16.6 Å². The molecular weight excluding hydrogens is 394 g/mol. The minimum Gasteiger partial charge on any atom is -0.322 e. The lowest BCUT2D eigenvalue weighted by Gasteiger charge is -2.27. The Morgan fingerprint density at radius 1 is 1.07 bits per heavy atom. The van der Waals surface area contributed by atoms with Gasteiger partial charge in [-0.1, -0.05) is 25.1 Å². The highest BCUT2D eigenvalue weighted by atomic mass is 32.2. The topological polar surface area (TPSA) is 78.5 Å². The number of nitrogens with zero attached hydrogens (tertiary/aromatic N) is 1. The normalized spacial score (nSPS) is 15.3. The monoisotopic (exact) mass is 419 g/mol. The molecule has 1 saturated heterocycles.